The molecule has 4 N–H and O–H groups in total. The van der Waals surface area contributed by atoms with E-state index in [4.69, 9.17) is 10.8 Å². The van der Waals surface area contributed by atoms with E-state index in [1.807, 2.05) is 6.92 Å². The molecule has 1 aromatic heterocycles. The number of aliphatic hydroxyl groups excluding tert-OH is 1. The number of halogens is 1. The smallest absolute Gasteiger partial charge is 0.0750 e. The van der Waals surface area contributed by atoms with Crippen molar-refractivity contribution in [3.63, 3.8) is 0 Å². The molecule has 0 saturated heterocycles. The Morgan fingerprint density at radius 3 is 2.94 bits per heavy atom. The van der Waals surface area contributed by atoms with Gasteiger partial charge in [-0.15, -0.1) is 0 Å². The van der Waals surface area contributed by atoms with Gasteiger partial charge in [-0.05, 0) is 34.7 Å². The average Bonchev–Trinajstić information content (AvgIpc) is 2.27. The summed E-state index contributed by atoms with van der Waals surface area (Å²) in [5.41, 5.74) is 7.33. The van der Waals surface area contributed by atoms with Gasteiger partial charge in [-0.1, -0.05) is 6.92 Å². The second kappa shape index (κ2) is 6.70. The van der Waals surface area contributed by atoms with Crippen LogP contribution < -0.4 is 11.1 Å². The summed E-state index contributed by atoms with van der Waals surface area (Å²) in [5.74, 6) is 0.361. The monoisotopic (exact) mass is 287 g/mol. The van der Waals surface area contributed by atoms with Gasteiger partial charge in [-0.25, -0.2) is 0 Å². The van der Waals surface area contributed by atoms with Crippen LogP contribution in [0.4, 0.5) is 11.4 Å². The molecule has 0 bridgehead atoms. The fraction of sp³-hybridized carbons (Fsp3) is 0.545. The first kappa shape index (κ1) is 13.3. The van der Waals surface area contributed by atoms with Crippen molar-refractivity contribution < 1.29 is 5.11 Å². The Kier molecular flexibility index (Phi) is 5.55. The van der Waals surface area contributed by atoms with Crippen molar-refractivity contribution in [2.75, 3.05) is 24.2 Å². The molecule has 1 aromatic rings. The maximum absolute atomic E-state index is 8.88. The minimum atomic E-state index is 0.251. The molecule has 90 valence electrons. The first-order valence-corrected chi connectivity index (χ1v) is 6.18. The van der Waals surface area contributed by atoms with Gasteiger partial charge in [0.15, 0.2) is 0 Å². The fourth-order valence-corrected chi connectivity index (χ4v) is 1.88. The molecule has 1 unspecified atom stereocenters. The van der Waals surface area contributed by atoms with Crippen molar-refractivity contribution in [3.05, 3.63) is 16.9 Å². The van der Waals surface area contributed by atoms with E-state index in [1.165, 1.54) is 0 Å². The van der Waals surface area contributed by atoms with Gasteiger partial charge in [-0.3, -0.25) is 4.98 Å². The molecule has 1 heterocycles. The number of nitrogens with two attached hydrogens (primary N) is 1. The quantitative estimate of drug-likeness (QED) is 0.702. The minimum Gasteiger partial charge on any atom is -0.396 e. The molecule has 16 heavy (non-hydrogen) atoms. The number of aliphatic hydroxyl groups is 1. The molecule has 0 aliphatic heterocycles. The lowest BCUT2D eigenvalue weighted by atomic mass is 10.1. The predicted octanol–water partition coefficient (Wildman–Crippen LogP) is 2.25. The minimum absolute atomic E-state index is 0.251. The van der Waals surface area contributed by atoms with Gasteiger partial charge in [0, 0.05) is 19.3 Å². The van der Waals surface area contributed by atoms with Crippen LogP contribution in [0.3, 0.4) is 0 Å². The van der Waals surface area contributed by atoms with Crippen LogP contribution in [0, 0.1) is 5.92 Å². The number of rotatable bonds is 6. The topological polar surface area (TPSA) is 71.2 Å². The van der Waals surface area contributed by atoms with Crippen LogP contribution >= 0.6 is 15.9 Å². The Hall–Kier alpha value is -0.810. The summed E-state index contributed by atoms with van der Waals surface area (Å²) in [6.45, 7) is 3.13. The summed E-state index contributed by atoms with van der Waals surface area (Å²) in [6, 6.07) is 0. The summed E-state index contributed by atoms with van der Waals surface area (Å²) < 4.78 is 0.878. The van der Waals surface area contributed by atoms with Crippen molar-refractivity contribution in [2.24, 2.45) is 5.92 Å². The maximum Gasteiger partial charge on any atom is 0.0750 e. The van der Waals surface area contributed by atoms with Crippen molar-refractivity contribution in [2.45, 2.75) is 19.8 Å². The molecule has 5 heteroatoms. The van der Waals surface area contributed by atoms with Gasteiger partial charge in [0.1, 0.15) is 0 Å². The van der Waals surface area contributed by atoms with Gasteiger partial charge in [0.25, 0.3) is 0 Å². The van der Waals surface area contributed by atoms with Crippen molar-refractivity contribution >= 4 is 27.3 Å². The zero-order chi connectivity index (χ0) is 12.0. The van der Waals surface area contributed by atoms with E-state index in [0.717, 1.165) is 29.5 Å². The highest BCUT2D eigenvalue weighted by atomic mass is 79.9. The van der Waals surface area contributed by atoms with Crippen LogP contribution in [0.2, 0.25) is 0 Å². The van der Waals surface area contributed by atoms with Crippen LogP contribution in [0.15, 0.2) is 16.9 Å². The largest absolute Gasteiger partial charge is 0.396 e. The van der Waals surface area contributed by atoms with Crippen LogP contribution in [-0.2, 0) is 0 Å². The summed E-state index contributed by atoms with van der Waals surface area (Å²) >= 11 is 3.40. The van der Waals surface area contributed by atoms with Gasteiger partial charge >= 0.3 is 0 Å². The highest BCUT2D eigenvalue weighted by molar-refractivity contribution is 9.10. The fourth-order valence-electron chi connectivity index (χ4n) is 1.39. The van der Waals surface area contributed by atoms with Gasteiger partial charge in [0.2, 0.25) is 0 Å². The summed E-state index contributed by atoms with van der Waals surface area (Å²) in [7, 11) is 0. The van der Waals surface area contributed by atoms with Crippen molar-refractivity contribution in [1.82, 2.24) is 4.98 Å². The van der Waals surface area contributed by atoms with Gasteiger partial charge < -0.3 is 16.2 Å². The van der Waals surface area contributed by atoms with E-state index >= 15 is 0 Å². The third kappa shape index (κ3) is 3.98. The molecule has 0 saturated carbocycles. The Morgan fingerprint density at radius 1 is 1.56 bits per heavy atom. The maximum atomic E-state index is 8.88. The Balaban J connectivity index is 2.37. The zero-order valence-corrected chi connectivity index (χ0v) is 11.0. The second-order valence-electron chi connectivity index (χ2n) is 3.94. The molecule has 0 spiro atoms. The first-order chi connectivity index (χ1) is 7.65. The molecule has 0 radical (unpaired) electrons. The Labute approximate surface area is 104 Å². The number of nitrogens with zero attached hydrogens (tertiary/aromatic N) is 1. The summed E-state index contributed by atoms with van der Waals surface area (Å²) in [4.78, 5) is 3.97. The highest BCUT2D eigenvalue weighted by Crippen LogP contribution is 2.26. The molecular formula is C11H18BrN3O. The lowest BCUT2D eigenvalue weighted by Gasteiger charge is -2.12. The van der Waals surface area contributed by atoms with Gasteiger partial charge in [-0.2, -0.15) is 0 Å². The molecular weight excluding hydrogens is 270 g/mol. The van der Waals surface area contributed by atoms with E-state index < -0.39 is 0 Å². The molecule has 1 atom stereocenters. The number of nitrogen functional groups attached to an aromatic ring is 1. The molecule has 4 nitrogen and oxygen atoms in total. The number of pyridine rings is 1. The number of nitrogens with one attached hydrogen (secondary N) is 1. The standard InChI is InChI=1S/C11H18BrN3O/c1-8(7-16)3-2-4-15-11-9(12)5-14-6-10(11)13/h5-6,8,16H,2-4,7,13H2,1H3,(H,14,15). The number of anilines is 2. The zero-order valence-electron chi connectivity index (χ0n) is 9.41. The van der Waals surface area contributed by atoms with E-state index in [0.29, 0.717) is 11.6 Å². The van der Waals surface area contributed by atoms with E-state index in [9.17, 15) is 0 Å². The SMILES string of the molecule is CC(CO)CCCNc1c(N)cncc1Br. The van der Waals surface area contributed by atoms with Crippen molar-refractivity contribution in [3.8, 4) is 0 Å². The third-order valence-electron chi connectivity index (χ3n) is 2.42. The second-order valence-corrected chi connectivity index (χ2v) is 4.80. The van der Waals surface area contributed by atoms with Crippen LogP contribution in [-0.4, -0.2) is 23.2 Å². The van der Waals surface area contributed by atoms with Crippen molar-refractivity contribution in [1.29, 1.82) is 0 Å². The molecule has 0 aromatic carbocycles. The summed E-state index contributed by atoms with van der Waals surface area (Å²) in [5, 5.41) is 12.2. The van der Waals surface area contributed by atoms with Crippen LogP contribution in [0.1, 0.15) is 19.8 Å². The van der Waals surface area contributed by atoms with E-state index in [2.05, 4.69) is 26.2 Å². The Bertz CT molecular complexity index is 313. The summed E-state index contributed by atoms with van der Waals surface area (Å²) in [6.07, 6.45) is 5.36. The predicted molar refractivity (Wildman–Crippen MR) is 70.3 cm³/mol. The average molecular weight is 288 g/mol. The number of hydrogen-bond donors (Lipinski definition) is 3. The molecule has 0 aliphatic carbocycles. The lowest BCUT2D eigenvalue weighted by Crippen LogP contribution is -2.08. The van der Waals surface area contributed by atoms with E-state index in [-0.39, 0.29) is 6.61 Å². The molecule has 1 rings (SSSR count). The number of hydrogen-bond acceptors (Lipinski definition) is 4. The lowest BCUT2D eigenvalue weighted by molar-refractivity contribution is 0.229. The molecule has 0 fully saturated rings. The van der Waals surface area contributed by atoms with Gasteiger partial charge in [0.05, 0.1) is 22.0 Å². The Morgan fingerprint density at radius 2 is 2.31 bits per heavy atom. The third-order valence-corrected chi connectivity index (χ3v) is 3.02. The molecule has 0 amide bonds. The first-order valence-electron chi connectivity index (χ1n) is 5.39. The highest BCUT2D eigenvalue weighted by Gasteiger charge is 2.04. The normalized spacial score (nSPS) is 12.4. The van der Waals surface area contributed by atoms with E-state index in [1.54, 1.807) is 12.4 Å². The number of aromatic nitrogens is 1. The molecule has 0 aliphatic rings. The van der Waals surface area contributed by atoms with Crippen LogP contribution in [0.25, 0.3) is 0 Å². The van der Waals surface area contributed by atoms with Crippen LogP contribution in [0.5, 0.6) is 0 Å².